The molecule has 0 aliphatic carbocycles. The predicted octanol–water partition coefficient (Wildman–Crippen LogP) is 2.27. The maximum absolute atomic E-state index is 13.4. The first-order valence-electron chi connectivity index (χ1n) is 6.88. The van der Waals surface area contributed by atoms with Crippen LogP contribution in [0.25, 0.3) is 0 Å². The van der Waals surface area contributed by atoms with Crippen molar-refractivity contribution in [2.45, 2.75) is 19.8 Å². The van der Waals surface area contributed by atoms with Crippen molar-refractivity contribution in [3.05, 3.63) is 30.1 Å². The van der Waals surface area contributed by atoms with Gasteiger partial charge in [0.1, 0.15) is 0 Å². The van der Waals surface area contributed by atoms with Gasteiger partial charge in [-0.3, -0.25) is 0 Å². The number of para-hydroxylation sites is 1. The Labute approximate surface area is 119 Å². The van der Waals surface area contributed by atoms with E-state index in [9.17, 15) is 12.8 Å². The van der Waals surface area contributed by atoms with Gasteiger partial charge < -0.3 is 4.74 Å². The topological polar surface area (TPSA) is 46.6 Å². The van der Waals surface area contributed by atoms with E-state index in [0.717, 1.165) is 12.8 Å². The Hall–Kier alpha value is -1.14. The Balaban J connectivity index is 1.82. The Morgan fingerprint density at radius 3 is 2.55 bits per heavy atom. The predicted molar refractivity (Wildman–Crippen MR) is 75.7 cm³/mol. The lowest BCUT2D eigenvalue weighted by atomic mass is 9.99. The fraction of sp³-hybridized carbons (Fsp3) is 0.571. The Morgan fingerprint density at radius 1 is 1.30 bits per heavy atom. The normalized spacial score (nSPS) is 18.1. The van der Waals surface area contributed by atoms with Gasteiger partial charge in [-0.1, -0.05) is 12.1 Å². The van der Waals surface area contributed by atoms with E-state index in [2.05, 4.69) is 0 Å². The molecule has 2 rings (SSSR count). The maximum atomic E-state index is 13.4. The van der Waals surface area contributed by atoms with E-state index in [1.807, 2.05) is 0 Å². The maximum Gasteiger partial charge on any atom is 0.213 e. The number of hydrogen-bond acceptors (Lipinski definition) is 3. The second-order valence-corrected chi connectivity index (χ2v) is 7.24. The van der Waals surface area contributed by atoms with Gasteiger partial charge in [-0.15, -0.1) is 0 Å². The van der Waals surface area contributed by atoms with Gasteiger partial charge in [-0.05, 0) is 37.8 Å². The molecule has 0 saturated carbocycles. The Bertz CT molecular complexity index is 539. The fourth-order valence-corrected chi connectivity index (χ4v) is 3.44. The van der Waals surface area contributed by atoms with Crippen LogP contribution in [-0.2, 0) is 10.0 Å². The summed E-state index contributed by atoms with van der Waals surface area (Å²) in [7, 11) is -3.09. The van der Waals surface area contributed by atoms with Crippen LogP contribution >= 0.6 is 0 Å². The Kier molecular flexibility index (Phi) is 4.99. The molecule has 1 aliphatic rings. The molecule has 112 valence electrons. The molecule has 1 aliphatic heterocycles. The van der Waals surface area contributed by atoms with Crippen molar-refractivity contribution >= 4 is 10.0 Å². The molecule has 1 aromatic carbocycles. The van der Waals surface area contributed by atoms with E-state index in [1.165, 1.54) is 10.4 Å². The molecule has 0 atom stereocenters. The van der Waals surface area contributed by atoms with E-state index in [4.69, 9.17) is 4.74 Å². The van der Waals surface area contributed by atoms with Crippen LogP contribution in [-0.4, -0.2) is 38.2 Å². The molecule has 1 fully saturated rings. The van der Waals surface area contributed by atoms with Crippen LogP contribution in [0.4, 0.5) is 4.39 Å². The van der Waals surface area contributed by atoms with Gasteiger partial charge in [-0.2, -0.15) is 0 Å². The molecule has 1 saturated heterocycles. The number of nitrogens with zero attached hydrogens (tertiary/aromatic N) is 1. The molecule has 0 aromatic heterocycles. The minimum atomic E-state index is -3.09. The highest BCUT2D eigenvalue weighted by molar-refractivity contribution is 7.89. The number of rotatable bonds is 5. The van der Waals surface area contributed by atoms with Gasteiger partial charge in [0.15, 0.2) is 11.6 Å². The van der Waals surface area contributed by atoms with E-state index in [0.29, 0.717) is 19.7 Å². The third-order valence-corrected chi connectivity index (χ3v) is 5.52. The molecule has 0 N–H and O–H groups in total. The van der Waals surface area contributed by atoms with Crippen molar-refractivity contribution in [2.24, 2.45) is 5.92 Å². The highest BCUT2D eigenvalue weighted by Gasteiger charge is 2.26. The van der Waals surface area contributed by atoms with Gasteiger partial charge in [0, 0.05) is 13.1 Å². The summed E-state index contributed by atoms with van der Waals surface area (Å²) >= 11 is 0. The zero-order valence-electron chi connectivity index (χ0n) is 11.6. The largest absolute Gasteiger partial charge is 0.490 e. The molecule has 6 heteroatoms. The number of benzene rings is 1. The average Bonchev–Trinajstić information content (AvgIpc) is 2.47. The third-order valence-electron chi connectivity index (χ3n) is 3.64. The lowest BCUT2D eigenvalue weighted by molar-refractivity contribution is 0.181. The Morgan fingerprint density at radius 2 is 1.95 bits per heavy atom. The fourth-order valence-electron chi connectivity index (χ4n) is 2.31. The minimum absolute atomic E-state index is 0.142. The van der Waals surface area contributed by atoms with E-state index >= 15 is 0 Å². The van der Waals surface area contributed by atoms with Gasteiger partial charge in [0.25, 0.3) is 0 Å². The highest BCUT2D eigenvalue weighted by atomic mass is 32.2. The van der Waals surface area contributed by atoms with Crippen LogP contribution < -0.4 is 4.74 Å². The molecule has 0 amide bonds. The number of piperidine rings is 1. The number of sulfonamides is 1. The van der Waals surface area contributed by atoms with Crippen LogP contribution in [0, 0.1) is 11.7 Å². The molecular formula is C14H20FNO3S. The van der Waals surface area contributed by atoms with E-state index in [-0.39, 0.29) is 23.2 Å². The number of hydrogen-bond donors (Lipinski definition) is 0. The smallest absolute Gasteiger partial charge is 0.213 e. The van der Waals surface area contributed by atoms with E-state index < -0.39 is 10.0 Å². The molecule has 1 heterocycles. The van der Waals surface area contributed by atoms with Gasteiger partial charge >= 0.3 is 0 Å². The monoisotopic (exact) mass is 301 g/mol. The first kappa shape index (κ1) is 15.3. The molecule has 4 nitrogen and oxygen atoms in total. The van der Waals surface area contributed by atoms with Crippen LogP contribution in [0.2, 0.25) is 0 Å². The summed E-state index contributed by atoms with van der Waals surface area (Å²) in [5.41, 5.74) is 0. The second kappa shape index (κ2) is 6.54. The average molecular weight is 301 g/mol. The van der Waals surface area contributed by atoms with Crippen molar-refractivity contribution in [1.82, 2.24) is 4.31 Å². The van der Waals surface area contributed by atoms with Crippen molar-refractivity contribution < 1.29 is 17.5 Å². The highest BCUT2D eigenvalue weighted by Crippen LogP contribution is 2.22. The van der Waals surface area contributed by atoms with Crippen LogP contribution in [0.1, 0.15) is 19.8 Å². The van der Waals surface area contributed by atoms with Crippen molar-refractivity contribution in [2.75, 3.05) is 25.4 Å². The zero-order valence-corrected chi connectivity index (χ0v) is 12.4. The molecule has 0 spiro atoms. The summed E-state index contributed by atoms with van der Waals surface area (Å²) < 4.78 is 43.9. The quantitative estimate of drug-likeness (QED) is 0.838. The van der Waals surface area contributed by atoms with Crippen LogP contribution in [0.15, 0.2) is 24.3 Å². The number of ether oxygens (including phenoxy) is 1. The van der Waals surface area contributed by atoms with Crippen molar-refractivity contribution in [1.29, 1.82) is 0 Å². The van der Waals surface area contributed by atoms with Crippen molar-refractivity contribution in [3.8, 4) is 5.75 Å². The van der Waals surface area contributed by atoms with Gasteiger partial charge in [0.05, 0.1) is 12.4 Å². The van der Waals surface area contributed by atoms with Crippen molar-refractivity contribution in [3.63, 3.8) is 0 Å². The zero-order chi connectivity index (χ0) is 14.6. The second-order valence-electron chi connectivity index (χ2n) is 4.98. The van der Waals surface area contributed by atoms with Gasteiger partial charge in [-0.25, -0.2) is 17.1 Å². The third kappa shape index (κ3) is 3.70. The SMILES string of the molecule is CCS(=O)(=O)N1CCC(COc2ccccc2F)CC1. The molecule has 20 heavy (non-hydrogen) atoms. The molecule has 0 bridgehead atoms. The summed E-state index contributed by atoms with van der Waals surface area (Å²) in [6.07, 6.45) is 1.52. The van der Waals surface area contributed by atoms with Gasteiger partial charge in [0.2, 0.25) is 10.0 Å². The lowest BCUT2D eigenvalue weighted by Gasteiger charge is -2.30. The summed E-state index contributed by atoms with van der Waals surface area (Å²) in [4.78, 5) is 0. The molecule has 0 unspecified atom stereocenters. The summed E-state index contributed by atoms with van der Waals surface area (Å²) in [5.74, 6) is 0.316. The standard InChI is InChI=1S/C14H20FNO3S/c1-2-20(17,18)16-9-7-12(8-10-16)11-19-14-6-4-3-5-13(14)15/h3-6,12H,2,7-11H2,1H3. The molecular weight excluding hydrogens is 281 g/mol. The molecule has 1 aromatic rings. The lowest BCUT2D eigenvalue weighted by Crippen LogP contribution is -2.40. The summed E-state index contributed by atoms with van der Waals surface area (Å²) in [6, 6.07) is 6.32. The summed E-state index contributed by atoms with van der Waals surface area (Å²) in [5, 5.41) is 0. The van der Waals surface area contributed by atoms with E-state index in [1.54, 1.807) is 25.1 Å². The number of halogens is 1. The van der Waals surface area contributed by atoms with Crippen LogP contribution in [0.5, 0.6) is 5.75 Å². The first-order chi connectivity index (χ1) is 9.53. The molecule has 0 radical (unpaired) electrons. The summed E-state index contributed by atoms with van der Waals surface area (Å²) in [6.45, 7) is 3.15. The first-order valence-corrected chi connectivity index (χ1v) is 8.49. The minimum Gasteiger partial charge on any atom is -0.490 e. The van der Waals surface area contributed by atoms with Crippen LogP contribution in [0.3, 0.4) is 0 Å².